The first-order valence-electron chi connectivity index (χ1n) is 12.7. The lowest BCUT2D eigenvalue weighted by Crippen LogP contribution is -2.10. The molecular weight excluding hydrogens is 464 g/mol. The zero-order valence-corrected chi connectivity index (χ0v) is 20.7. The summed E-state index contributed by atoms with van der Waals surface area (Å²) in [5.41, 5.74) is 9.57. The first-order valence-corrected chi connectivity index (χ1v) is 12.7. The molecule has 0 atom stereocenters. The quantitative estimate of drug-likeness (QED) is 0.241. The van der Waals surface area contributed by atoms with Gasteiger partial charge < -0.3 is 9.32 Å². The van der Waals surface area contributed by atoms with Crippen molar-refractivity contribution in [2.75, 3.05) is 4.90 Å². The Hall–Kier alpha value is -5.15. The molecule has 7 aromatic rings. The SMILES string of the molecule is c1ccc(-c2ccc(N(c3cccc(-c4ccccc4)c3)c3ccc4c(c3)oc3cnccc34)cc2)cc1. The molecule has 2 heterocycles. The Morgan fingerprint density at radius 3 is 1.82 bits per heavy atom. The number of rotatable bonds is 5. The number of pyridine rings is 1. The number of hydrogen-bond acceptors (Lipinski definition) is 3. The van der Waals surface area contributed by atoms with Crippen LogP contribution >= 0.6 is 0 Å². The summed E-state index contributed by atoms with van der Waals surface area (Å²) in [5.74, 6) is 0. The van der Waals surface area contributed by atoms with E-state index < -0.39 is 0 Å². The fourth-order valence-electron chi connectivity index (χ4n) is 5.10. The molecule has 7 rings (SSSR count). The molecule has 0 fully saturated rings. The van der Waals surface area contributed by atoms with E-state index in [1.54, 1.807) is 12.4 Å². The molecule has 0 spiro atoms. The number of fused-ring (bicyclic) bond motifs is 3. The third kappa shape index (κ3) is 4.00. The molecular formula is C35H24N2O. The maximum Gasteiger partial charge on any atom is 0.153 e. The monoisotopic (exact) mass is 488 g/mol. The van der Waals surface area contributed by atoms with Crippen LogP contribution in [0.15, 0.2) is 150 Å². The number of furan rings is 1. The molecule has 0 amide bonds. The van der Waals surface area contributed by atoms with Crippen molar-refractivity contribution in [3.63, 3.8) is 0 Å². The Kier molecular flexibility index (Phi) is 5.45. The highest BCUT2D eigenvalue weighted by molar-refractivity contribution is 6.05. The third-order valence-electron chi connectivity index (χ3n) is 6.96. The predicted molar refractivity (Wildman–Crippen MR) is 157 cm³/mol. The van der Waals surface area contributed by atoms with Gasteiger partial charge in [-0.15, -0.1) is 0 Å². The van der Waals surface area contributed by atoms with E-state index in [1.807, 2.05) is 18.2 Å². The molecule has 0 aliphatic carbocycles. The first-order chi connectivity index (χ1) is 18.8. The fraction of sp³-hybridized carbons (Fsp3) is 0. The van der Waals surface area contributed by atoms with Crippen LogP contribution in [0.2, 0.25) is 0 Å². The van der Waals surface area contributed by atoms with Crippen molar-refractivity contribution in [2.45, 2.75) is 0 Å². The Morgan fingerprint density at radius 2 is 1.05 bits per heavy atom. The lowest BCUT2D eigenvalue weighted by molar-refractivity contribution is 0.667. The molecule has 0 aliphatic heterocycles. The van der Waals surface area contributed by atoms with Gasteiger partial charge in [-0.2, -0.15) is 0 Å². The summed E-state index contributed by atoms with van der Waals surface area (Å²) in [5, 5.41) is 2.16. The molecule has 38 heavy (non-hydrogen) atoms. The van der Waals surface area contributed by atoms with Crippen molar-refractivity contribution in [1.82, 2.24) is 4.98 Å². The lowest BCUT2D eigenvalue weighted by atomic mass is 10.0. The van der Waals surface area contributed by atoms with E-state index in [0.717, 1.165) is 39.0 Å². The summed E-state index contributed by atoms with van der Waals surface area (Å²) in [7, 11) is 0. The minimum atomic E-state index is 0.796. The molecule has 0 unspecified atom stereocenters. The zero-order chi connectivity index (χ0) is 25.3. The molecule has 0 N–H and O–H groups in total. The summed E-state index contributed by atoms with van der Waals surface area (Å²) in [6, 6.07) is 46.8. The number of anilines is 3. The standard InChI is InChI=1S/C35H24N2O/c1-3-8-25(9-4-1)27-14-16-29(17-15-27)37(30-13-7-12-28(22-30)26-10-5-2-6-11-26)31-18-19-32-33-20-21-36-24-35(33)38-34(32)23-31/h1-24H. The third-order valence-corrected chi connectivity index (χ3v) is 6.96. The van der Waals surface area contributed by atoms with Crippen LogP contribution in [0.3, 0.4) is 0 Å². The van der Waals surface area contributed by atoms with Crippen LogP contribution in [-0.4, -0.2) is 4.98 Å². The van der Waals surface area contributed by atoms with Gasteiger partial charge in [-0.3, -0.25) is 4.98 Å². The molecule has 0 aliphatic rings. The van der Waals surface area contributed by atoms with Crippen LogP contribution in [0.25, 0.3) is 44.2 Å². The van der Waals surface area contributed by atoms with Crippen LogP contribution in [0, 0.1) is 0 Å². The second kappa shape index (κ2) is 9.38. The summed E-state index contributed by atoms with van der Waals surface area (Å²) in [6.07, 6.45) is 3.58. The van der Waals surface area contributed by atoms with Gasteiger partial charge in [-0.1, -0.05) is 84.9 Å². The lowest BCUT2D eigenvalue weighted by Gasteiger charge is -2.26. The van der Waals surface area contributed by atoms with Crippen molar-refractivity contribution in [1.29, 1.82) is 0 Å². The Balaban J connectivity index is 1.38. The van der Waals surface area contributed by atoms with Gasteiger partial charge in [0.15, 0.2) is 5.58 Å². The normalized spacial score (nSPS) is 11.2. The van der Waals surface area contributed by atoms with Crippen LogP contribution in [0.1, 0.15) is 0 Å². The van der Waals surface area contributed by atoms with Gasteiger partial charge in [-0.05, 0) is 64.7 Å². The van der Waals surface area contributed by atoms with Crippen LogP contribution < -0.4 is 4.90 Å². The Bertz CT molecular complexity index is 1860. The van der Waals surface area contributed by atoms with Crippen molar-refractivity contribution in [3.8, 4) is 22.3 Å². The average molecular weight is 489 g/mol. The predicted octanol–water partition coefficient (Wildman–Crippen LogP) is 9.78. The van der Waals surface area contributed by atoms with Gasteiger partial charge in [0.25, 0.3) is 0 Å². The van der Waals surface area contributed by atoms with E-state index in [-0.39, 0.29) is 0 Å². The summed E-state index contributed by atoms with van der Waals surface area (Å²) < 4.78 is 6.20. The van der Waals surface area contributed by atoms with E-state index in [9.17, 15) is 0 Å². The van der Waals surface area contributed by atoms with Gasteiger partial charge in [0, 0.05) is 40.1 Å². The van der Waals surface area contributed by atoms with Gasteiger partial charge in [-0.25, -0.2) is 0 Å². The van der Waals surface area contributed by atoms with Crippen LogP contribution in [0.5, 0.6) is 0 Å². The zero-order valence-electron chi connectivity index (χ0n) is 20.7. The van der Waals surface area contributed by atoms with Gasteiger partial charge >= 0.3 is 0 Å². The van der Waals surface area contributed by atoms with Gasteiger partial charge in [0.05, 0.1) is 6.20 Å². The molecule has 5 aromatic carbocycles. The highest BCUT2D eigenvalue weighted by Gasteiger charge is 2.16. The number of hydrogen-bond donors (Lipinski definition) is 0. The van der Waals surface area contributed by atoms with Crippen LogP contribution in [0.4, 0.5) is 17.1 Å². The smallest absolute Gasteiger partial charge is 0.153 e. The van der Waals surface area contributed by atoms with Gasteiger partial charge in [0.1, 0.15) is 5.58 Å². The van der Waals surface area contributed by atoms with Crippen molar-refractivity contribution in [2.24, 2.45) is 0 Å². The Labute approximate surface area is 221 Å². The van der Waals surface area contributed by atoms with E-state index >= 15 is 0 Å². The number of benzene rings is 5. The largest absolute Gasteiger partial charge is 0.454 e. The van der Waals surface area contributed by atoms with Gasteiger partial charge in [0.2, 0.25) is 0 Å². The second-order valence-corrected chi connectivity index (χ2v) is 9.32. The fourth-order valence-corrected chi connectivity index (χ4v) is 5.10. The summed E-state index contributed by atoms with van der Waals surface area (Å²) in [4.78, 5) is 6.51. The summed E-state index contributed by atoms with van der Waals surface area (Å²) in [6.45, 7) is 0. The minimum Gasteiger partial charge on any atom is -0.454 e. The second-order valence-electron chi connectivity index (χ2n) is 9.32. The maximum absolute atomic E-state index is 6.20. The molecule has 0 radical (unpaired) electrons. The molecule has 0 bridgehead atoms. The van der Waals surface area contributed by atoms with Crippen molar-refractivity contribution < 1.29 is 4.42 Å². The molecule has 0 saturated carbocycles. The molecule has 180 valence electrons. The molecule has 2 aromatic heterocycles. The highest BCUT2D eigenvalue weighted by atomic mass is 16.3. The number of aromatic nitrogens is 1. The summed E-state index contributed by atoms with van der Waals surface area (Å²) >= 11 is 0. The first kappa shape index (κ1) is 22.1. The molecule has 3 nitrogen and oxygen atoms in total. The van der Waals surface area contributed by atoms with E-state index in [4.69, 9.17) is 4.42 Å². The average Bonchev–Trinajstić information content (AvgIpc) is 3.37. The minimum absolute atomic E-state index is 0.796. The van der Waals surface area contributed by atoms with Crippen molar-refractivity contribution >= 4 is 39.0 Å². The topological polar surface area (TPSA) is 29.3 Å². The maximum atomic E-state index is 6.20. The van der Waals surface area contributed by atoms with Crippen molar-refractivity contribution in [3.05, 3.63) is 146 Å². The van der Waals surface area contributed by atoms with E-state index in [0.29, 0.717) is 0 Å². The Morgan fingerprint density at radius 1 is 0.447 bits per heavy atom. The highest BCUT2D eigenvalue weighted by Crippen LogP contribution is 2.40. The van der Waals surface area contributed by atoms with E-state index in [2.05, 4.69) is 125 Å². The van der Waals surface area contributed by atoms with E-state index in [1.165, 1.54) is 22.3 Å². The van der Waals surface area contributed by atoms with Crippen LogP contribution in [-0.2, 0) is 0 Å². The number of nitrogens with zero attached hydrogens (tertiary/aromatic N) is 2. The molecule has 3 heteroatoms. The molecule has 0 saturated heterocycles.